The van der Waals surface area contributed by atoms with E-state index in [9.17, 15) is 17.2 Å². The Labute approximate surface area is 122 Å². The second-order valence-electron chi connectivity index (χ2n) is 4.88. The molecule has 2 rings (SSSR count). The minimum Gasteiger partial charge on any atom is -0.313 e. The van der Waals surface area contributed by atoms with Crippen LogP contribution in [0.2, 0.25) is 0 Å². The summed E-state index contributed by atoms with van der Waals surface area (Å²) in [6, 6.07) is 2.93. The van der Waals surface area contributed by atoms with Gasteiger partial charge in [-0.15, -0.1) is 0 Å². The van der Waals surface area contributed by atoms with Crippen LogP contribution in [-0.2, 0) is 10.0 Å². The Morgan fingerprint density at radius 3 is 2.52 bits per heavy atom. The fraction of sp³-hybridized carbons (Fsp3) is 0.462. The Morgan fingerprint density at radius 1 is 1.33 bits per heavy atom. The van der Waals surface area contributed by atoms with Crippen LogP contribution in [0.25, 0.3) is 0 Å². The molecule has 1 aliphatic heterocycles. The van der Waals surface area contributed by atoms with Crippen LogP contribution >= 0.6 is 0 Å². The highest BCUT2D eigenvalue weighted by atomic mass is 32.2. The molecule has 5 nitrogen and oxygen atoms in total. The summed E-state index contributed by atoms with van der Waals surface area (Å²) < 4.78 is 53.7. The van der Waals surface area contributed by atoms with E-state index in [1.165, 1.54) is 0 Å². The number of hydrogen-bond donors (Lipinski definition) is 2. The average Bonchev–Trinajstić information content (AvgIpc) is 2.45. The molecule has 1 saturated heterocycles. The van der Waals surface area contributed by atoms with Gasteiger partial charge in [0.2, 0.25) is 10.0 Å². The molecule has 1 aliphatic rings. The van der Waals surface area contributed by atoms with Crippen LogP contribution in [0, 0.1) is 23.0 Å². The van der Waals surface area contributed by atoms with E-state index in [-0.39, 0.29) is 18.2 Å². The van der Waals surface area contributed by atoms with Gasteiger partial charge in [0.15, 0.2) is 4.90 Å². The smallest absolute Gasteiger partial charge is 0.246 e. The van der Waals surface area contributed by atoms with Crippen molar-refractivity contribution in [1.82, 2.24) is 10.0 Å². The Hall–Kier alpha value is -1.56. The summed E-state index contributed by atoms with van der Waals surface area (Å²) in [5, 5.41) is 11.7. The molecule has 1 fully saturated rings. The van der Waals surface area contributed by atoms with E-state index in [0.717, 1.165) is 25.8 Å². The summed E-state index contributed by atoms with van der Waals surface area (Å²) in [5.41, 5.74) is -0.266. The second kappa shape index (κ2) is 6.47. The van der Waals surface area contributed by atoms with Crippen molar-refractivity contribution in [3.05, 3.63) is 29.3 Å². The van der Waals surface area contributed by atoms with Crippen molar-refractivity contribution in [3.8, 4) is 6.07 Å². The molecule has 8 heteroatoms. The van der Waals surface area contributed by atoms with Gasteiger partial charge in [0, 0.05) is 12.6 Å². The van der Waals surface area contributed by atoms with Crippen LogP contribution in [-0.4, -0.2) is 27.5 Å². The van der Waals surface area contributed by atoms with Crippen molar-refractivity contribution in [1.29, 1.82) is 5.26 Å². The number of rotatable bonds is 4. The maximum Gasteiger partial charge on any atom is 0.246 e. The summed E-state index contributed by atoms with van der Waals surface area (Å²) >= 11 is 0. The second-order valence-corrected chi connectivity index (χ2v) is 6.58. The zero-order chi connectivity index (χ0) is 15.5. The molecule has 0 aliphatic carbocycles. The van der Waals surface area contributed by atoms with Crippen molar-refractivity contribution in [2.75, 3.05) is 13.1 Å². The molecule has 1 aromatic carbocycles. The average molecular weight is 315 g/mol. The van der Waals surface area contributed by atoms with Gasteiger partial charge in [-0.3, -0.25) is 0 Å². The molecule has 1 atom stereocenters. The lowest BCUT2D eigenvalue weighted by Crippen LogP contribution is -2.43. The number of hydrogen-bond acceptors (Lipinski definition) is 4. The quantitative estimate of drug-likeness (QED) is 0.876. The largest absolute Gasteiger partial charge is 0.313 e. The summed E-state index contributed by atoms with van der Waals surface area (Å²) in [7, 11) is -4.30. The van der Waals surface area contributed by atoms with Crippen LogP contribution in [0.3, 0.4) is 0 Å². The van der Waals surface area contributed by atoms with Gasteiger partial charge in [0.05, 0.1) is 11.6 Å². The van der Waals surface area contributed by atoms with Crippen LogP contribution in [0.5, 0.6) is 0 Å². The Kier molecular flexibility index (Phi) is 4.88. The van der Waals surface area contributed by atoms with Crippen LogP contribution in [0.4, 0.5) is 8.78 Å². The van der Waals surface area contributed by atoms with E-state index in [2.05, 4.69) is 10.0 Å². The number of nitriles is 1. The molecule has 0 aromatic heterocycles. The molecule has 1 heterocycles. The molecule has 2 N–H and O–H groups in total. The fourth-order valence-corrected chi connectivity index (χ4v) is 3.46. The standard InChI is InChI=1S/C13H15F2N3O2S/c14-11-5-9(7-16)6-12(15)13(11)21(19,20)18-8-10-3-1-2-4-17-10/h5-6,10,17-18H,1-4,8H2/t10-/m0/s1. The van der Waals surface area contributed by atoms with Crippen LogP contribution in [0.1, 0.15) is 24.8 Å². The van der Waals surface area contributed by atoms with Gasteiger partial charge in [0.1, 0.15) is 11.6 Å². The van der Waals surface area contributed by atoms with Crippen molar-refractivity contribution in [2.45, 2.75) is 30.2 Å². The van der Waals surface area contributed by atoms with E-state index in [1.54, 1.807) is 6.07 Å². The zero-order valence-electron chi connectivity index (χ0n) is 11.2. The number of benzene rings is 1. The van der Waals surface area contributed by atoms with E-state index in [4.69, 9.17) is 5.26 Å². The monoisotopic (exact) mass is 315 g/mol. The number of halogens is 2. The van der Waals surface area contributed by atoms with Crippen molar-refractivity contribution >= 4 is 10.0 Å². The van der Waals surface area contributed by atoms with Crippen molar-refractivity contribution in [2.24, 2.45) is 0 Å². The highest BCUT2D eigenvalue weighted by molar-refractivity contribution is 7.89. The van der Waals surface area contributed by atoms with Gasteiger partial charge in [0.25, 0.3) is 0 Å². The lowest BCUT2D eigenvalue weighted by Gasteiger charge is -2.23. The molecule has 0 unspecified atom stereocenters. The minimum atomic E-state index is -4.30. The lowest BCUT2D eigenvalue weighted by atomic mass is 10.1. The van der Waals surface area contributed by atoms with E-state index in [1.807, 2.05) is 0 Å². The van der Waals surface area contributed by atoms with Gasteiger partial charge in [-0.05, 0) is 31.5 Å². The topological polar surface area (TPSA) is 82.0 Å². The number of sulfonamides is 1. The first-order valence-electron chi connectivity index (χ1n) is 6.56. The van der Waals surface area contributed by atoms with Gasteiger partial charge in [-0.2, -0.15) is 5.26 Å². The predicted octanol–water partition coefficient (Wildman–Crippen LogP) is 1.26. The van der Waals surface area contributed by atoms with E-state index in [0.29, 0.717) is 12.1 Å². The Morgan fingerprint density at radius 2 is 2.00 bits per heavy atom. The Bertz CT molecular complexity index is 641. The van der Waals surface area contributed by atoms with Gasteiger partial charge < -0.3 is 5.32 Å². The first kappa shape index (κ1) is 15.8. The van der Waals surface area contributed by atoms with Crippen molar-refractivity contribution < 1.29 is 17.2 Å². The number of piperidine rings is 1. The van der Waals surface area contributed by atoms with E-state index < -0.39 is 26.6 Å². The highest BCUT2D eigenvalue weighted by Gasteiger charge is 2.26. The molecule has 114 valence electrons. The highest BCUT2D eigenvalue weighted by Crippen LogP contribution is 2.20. The summed E-state index contributed by atoms with van der Waals surface area (Å²) in [6.07, 6.45) is 2.82. The molecular formula is C13H15F2N3O2S. The molecule has 0 amide bonds. The third-order valence-corrected chi connectivity index (χ3v) is 4.80. The van der Waals surface area contributed by atoms with E-state index >= 15 is 0 Å². The molecule has 0 spiro atoms. The summed E-state index contributed by atoms with van der Waals surface area (Å²) in [5.74, 6) is -2.54. The number of nitrogens with one attached hydrogen (secondary N) is 2. The maximum atomic E-state index is 13.7. The van der Waals surface area contributed by atoms with Crippen molar-refractivity contribution in [3.63, 3.8) is 0 Å². The fourth-order valence-electron chi connectivity index (χ4n) is 2.26. The third-order valence-electron chi connectivity index (χ3n) is 3.33. The number of nitrogens with zero attached hydrogens (tertiary/aromatic N) is 1. The summed E-state index contributed by atoms with van der Waals surface area (Å²) in [6.45, 7) is 0.868. The summed E-state index contributed by atoms with van der Waals surface area (Å²) in [4.78, 5) is -1.04. The molecular weight excluding hydrogens is 300 g/mol. The normalized spacial score (nSPS) is 19.2. The van der Waals surface area contributed by atoms with Gasteiger partial charge in [-0.25, -0.2) is 21.9 Å². The molecule has 21 heavy (non-hydrogen) atoms. The molecule has 0 radical (unpaired) electrons. The lowest BCUT2D eigenvalue weighted by molar-refractivity contribution is 0.397. The molecule has 0 bridgehead atoms. The first-order chi connectivity index (χ1) is 9.94. The first-order valence-corrected chi connectivity index (χ1v) is 8.04. The Balaban J connectivity index is 2.17. The molecule has 0 saturated carbocycles. The van der Waals surface area contributed by atoms with Crippen LogP contribution < -0.4 is 10.0 Å². The molecule has 1 aromatic rings. The maximum absolute atomic E-state index is 13.7. The minimum absolute atomic E-state index is 0.0435. The predicted molar refractivity (Wildman–Crippen MR) is 71.9 cm³/mol. The zero-order valence-corrected chi connectivity index (χ0v) is 12.0. The van der Waals surface area contributed by atoms with Crippen LogP contribution in [0.15, 0.2) is 17.0 Å². The SMILES string of the molecule is N#Cc1cc(F)c(S(=O)(=O)NC[C@@H]2CCCCN2)c(F)c1. The van der Waals surface area contributed by atoms with Gasteiger partial charge >= 0.3 is 0 Å². The third kappa shape index (κ3) is 3.75. The van der Waals surface area contributed by atoms with Gasteiger partial charge in [-0.1, -0.05) is 6.42 Å².